The largest absolute Gasteiger partial charge is 0.355 e. The molecule has 21 heavy (non-hydrogen) atoms. The van der Waals surface area contributed by atoms with Crippen LogP contribution in [0.5, 0.6) is 0 Å². The average Bonchev–Trinajstić information content (AvgIpc) is 2.84. The van der Waals surface area contributed by atoms with Crippen LogP contribution in [0.3, 0.4) is 0 Å². The van der Waals surface area contributed by atoms with Gasteiger partial charge < -0.3 is 16.0 Å². The van der Waals surface area contributed by atoms with E-state index in [1.54, 1.807) is 0 Å². The van der Waals surface area contributed by atoms with Crippen LogP contribution in [0.25, 0.3) is 0 Å². The number of carbonyl (C=O) groups excluding carboxylic acids is 1. The number of hydrogen-bond donors (Lipinski definition) is 2. The number of likely N-dealkylation sites (tertiary alicyclic amines) is 1. The van der Waals surface area contributed by atoms with Gasteiger partial charge in [0.2, 0.25) is 5.91 Å². The molecular formula is C15H25Cl2N3O. The lowest BCUT2D eigenvalue weighted by molar-refractivity contribution is -0.122. The molecule has 0 bridgehead atoms. The van der Waals surface area contributed by atoms with E-state index >= 15 is 0 Å². The summed E-state index contributed by atoms with van der Waals surface area (Å²) in [6.45, 7) is 3.30. The molecule has 1 fully saturated rings. The Balaban J connectivity index is 0.00000200. The lowest BCUT2D eigenvalue weighted by atomic mass is 9.98. The van der Waals surface area contributed by atoms with Crippen LogP contribution in [0, 0.1) is 5.92 Å². The van der Waals surface area contributed by atoms with Crippen LogP contribution in [0.2, 0.25) is 0 Å². The van der Waals surface area contributed by atoms with Crippen molar-refractivity contribution in [1.82, 2.24) is 10.2 Å². The van der Waals surface area contributed by atoms with Crippen molar-refractivity contribution in [2.45, 2.75) is 12.3 Å². The molecule has 1 aromatic rings. The predicted molar refractivity (Wildman–Crippen MR) is 91.3 cm³/mol. The van der Waals surface area contributed by atoms with Crippen LogP contribution in [0.4, 0.5) is 0 Å². The highest BCUT2D eigenvalue weighted by Crippen LogP contribution is 2.16. The minimum Gasteiger partial charge on any atom is -0.355 e. The zero-order valence-electron chi connectivity index (χ0n) is 12.3. The summed E-state index contributed by atoms with van der Waals surface area (Å²) in [7, 11) is 2.12. The van der Waals surface area contributed by atoms with Crippen molar-refractivity contribution in [1.29, 1.82) is 0 Å². The Morgan fingerprint density at radius 2 is 2.05 bits per heavy atom. The summed E-state index contributed by atoms with van der Waals surface area (Å²) in [6.07, 6.45) is 1.16. The Labute approximate surface area is 139 Å². The lowest BCUT2D eigenvalue weighted by Crippen LogP contribution is -2.36. The molecule has 3 N–H and O–H groups in total. The summed E-state index contributed by atoms with van der Waals surface area (Å²) in [4.78, 5) is 14.5. The fraction of sp³-hybridized carbons (Fsp3) is 0.533. The number of rotatable bonds is 5. The van der Waals surface area contributed by atoms with E-state index in [2.05, 4.69) is 17.3 Å². The molecule has 2 atom stereocenters. The second-order valence-electron chi connectivity index (χ2n) is 5.36. The summed E-state index contributed by atoms with van der Waals surface area (Å²) in [5.74, 6) is 0.381. The Morgan fingerprint density at radius 3 is 2.57 bits per heavy atom. The molecule has 1 saturated heterocycles. The molecule has 1 aliphatic heterocycles. The molecule has 1 amide bonds. The van der Waals surface area contributed by atoms with Crippen molar-refractivity contribution in [2.75, 3.05) is 33.2 Å². The van der Waals surface area contributed by atoms with Crippen LogP contribution >= 0.6 is 24.8 Å². The maximum Gasteiger partial charge on any atom is 0.228 e. The normalized spacial score (nSPS) is 19.2. The first kappa shape index (κ1) is 20.2. The molecule has 0 aromatic heterocycles. The number of hydrogen-bond acceptors (Lipinski definition) is 3. The minimum absolute atomic E-state index is 0. The highest BCUT2D eigenvalue weighted by molar-refractivity contribution is 5.85. The van der Waals surface area contributed by atoms with Crippen LogP contribution in [0.1, 0.15) is 17.9 Å². The van der Waals surface area contributed by atoms with Gasteiger partial charge in [-0.15, -0.1) is 24.8 Å². The maximum absolute atomic E-state index is 12.2. The Bertz CT molecular complexity index is 417. The van der Waals surface area contributed by atoms with Gasteiger partial charge in [-0.3, -0.25) is 4.79 Å². The van der Waals surface area contributed by atoms with Crippen LogP contribution in [0.15, 0.2) is 30.3 Å². The van der Waals surface area contributed by atoms with E-state index in [0.29, 0.717) is 12.5 Å². The third-order valence-electron chi connectivity index (χ3n) is 3.81. The standard InChI is InChI=1S/C15H23N3O.2ClH/c1-18-8-7-12(11-18)10-17-15(19)14(9-16)13-5-3-2-4-6-13;;/h2-6,12,14H,7-11,16H2,1H3,(H,17,19);2*1H. The summed E-state index contributed by atoms with van der Waals surface area (Å²) < 4.78 is 0. The molecule has 0 radical (unpaired) electrons. The van der Waals surface area contributed by atoms with Crippen LogP contribution in [-0.4, -0.2) is 44.0 Å². The Hall–Kier alpha value is -0.810. The van der Waals surface area contributed by atoms with Gasteiger partial charge in [0.05, 0.1) is 5.92 Å². The quantitative estimate of drug-likeness (QED) is 0.861. The lowest BCUT2D eigenvalue weighted by Gasteiger charge is -2.17. The monoisotopic (exact) mass is 333 g/mol. The van der Waals surface area contributed by atoms with Gasteiger partial charge in [-0.1, -0.05) is 30.3 Å². The molecule has 0 spiro atoms. The Morgan fingerprint density at radius 1 is 1.38 bits per heavy atom. The number of nitrogens with zero attached hydrogens (tertiary/aromatic N) is 1. The molecule has 2 unspecified atom stereocenters. The topological polar surface area (TPSA) is 58.4 Å². The van der Waals surface area contributed by atoms with Crippen molar-refractivity contribution in [2.24, 2.45) is 11.7 Å². The van der Waals surface area contributed by atoms with Crippen molar-refractivity contribution in [3.8, 4) is 0 Å². The smallest absolute Gasteiger partial charge is 0.228 e. The third-order valence-corrected chi connectivity index (χ3v) is 3.81. The van der Waals surface area contributed by atoms with Gasteiger partial charge in [-0.2, -0.15) is 0 Å². The zero-order valence-corrected chi connectivity index (χ0v) is 14.0. The SMILES string of the molecule is CN1CCC(CNC(=O)C(CN)c2ccccc2)C1.Cl.Cl. The van der Waals surface area contributed by atoms with E-state index in [1.165, 1.54) is 0 Å². The first-order valence-electron chi connectivity index (χ1n) is 6.92. The number of amides is 1. The second kappa shape index (κ2) is 10.0. The van der Waals surface area contributed by atoms with E-state index < -0.39 is 0 Å². The number of halogens is 2. The van der Waals surface area contributed by atoms with E-state index in [9.17, 15) is 4.79 Å². The third kappa shape index (κ3) is 5.83. The molecule has 2 rings (SSSR count). The summed E-state index contributed by atoms with van der Waals surface area (Å²) >= 11 is 0. The molecule has 0 saturated carbocycles. The van der Waals surface area contributed by atoms with E-state index in [4.69, 9.17) is 5.73 Å². The maximum atomic E-state index is 12.2. The Kier molecular flexibility index (Phi) is 9.62. The van der Waals surface area contributed by atoms with Crippen LogP contribution < -0.4 is 11.1 Å². The summed E-state index contributed by atoms with van der Waals surface area (Å²) in [6, 6.07) is 9.75. The summed E-state index contributed by atoms with van der Waals surface area (Å²) in [5.41, 5.74) is 6.73. The van der Waals surface area contributed by atoms with Gasteiger partial charge in [0.25, 0.3) is 0 Å². The van der Waals surface area contributed by atoms with E-state index in [1.807, 2.05) is 30.3 Å². The molecule has 1 aliphatic rings. The van der Waals surface area contributed by atoms with Gasteiger partial charge >= 0.3 is 0 Å². The molecule has 120 valence electrons. The van der Waals surface area contributed by atoms with Gasteiger partial charge in [0.15, 0.2) is 0 Å². The van der Waals surface area contributed by atoms with Crippen molar-refractivity contribution < 1.29 is 4.79 Å². The first-order chi connectivity index (χ1) is 9.20. The predicted octanol–water partition coefficient (Wildman–Crippen LogP) is 1.64. The first-order valence-corrected chi connectivity index (χ1v) is 6.92. The second-order valence-corrected chi connectivity index (χ2v) is 5.36. The van der Waals surface area contributed by atoms with Gasteiger partial charge in [-0.25, -0.2) is 0 Å². The number of nitrogens with one attached hydrogen (secondary N) is 1. The fourth-order valence-electron chi connectivity index (χ4n) is 2.64. The van der Waals surface area contributed by atoms with Gasteiger partial charge in [-0.05, 0) is 31.5 Å². The summed E-state index contributed by atoms with van der Waals surface area (Å²) in [5, 5.41) is 3.05. The molecule has 1 heterocycles. The number of nitrogens with two attached hydrogens (primary N) is 1. The van der Waals surface area contributed by atoms with Gasteiger partial charge in [0, 0.05) is 19.6 Å². The van der Waals surface area contributed by atoms with Crippen molar-refractivity contribution >= 4 is 30.7 Å². The van der Waals surface area contributed by atoms with E-state index in [-0.39, 0.29) is 36.6 Å². The number of carbonyl (C=O) groups is 1. The molecule has 0 aliphatic carbocycles. The zero-order chi connectivity index (χ0) is 13.7. The highest BCUT2D eigenvalue weighted by atomic mass is 35.5. The minimum atomic E-state index is -0.236. The van der Waals surface area contributed by atoms with Gasteiger partial charge in [0.1, 0.15) is 0 Å². The molecule has 1 aromatic carbocycles. The average molecular weight is 334 g/mol. The fourth-order valence-corrected chi connectivity index (χ4v) is 2.64. The van der Waals surface area contributed by atoms with Crippen LogP contribution in [-0.2, 0) is 4.79 Å². The van der Waals surface area contributed by atoms with E-state index in [0.717, 1.165) is 31.6 Å². The molecular weight excluding hydrogens is 309 g/mol. The van der Waals surface area contributed by atoms with Crippen molar-refractivity contribution in [3.05, 3.63) is 35.9 Å². The molecule has 6 heteroatoms. The number of benzene rings is 1. The van der Waals surface area contributed by atoms with Crippen molar-refractivity contribution in [3.63, 3.8) is 0 Å². The highest BCUT2D eigenvalue weighted by Gasteiger charge is 2.23. The molecule has 4 nitrogen and oxygen atoms in total.